The van der Waals surface area contributed by atoms with Crippen LogP contribution in [0.3, 0.4) is 0 Å². The molecular weight excluding hydrogens is 428 g/mol. The van der Waals surface area contributed by atoms with E-state index in [2.05, 4.69) is 36.5 Å². The Morgan fingerprint density at radius 2 is 1.91 bits per heavy atom. The van der Waals surface area contributed by atoms with E-state index in [1.807, 2.05) is 30.3 Å². The molecule has 0 unspecified atom stereocenters. The molecule has 8 nitrogen and oxygen atoms in total. The van der Waals surface area contributed by atoms with Gasteiger partial charge in [0.15, 0.2) is 0 Å². The molecule has 3 aromatic rings. The van der Waals surface area contributed by atoms with Crippen molar-refractivity contribution < 1.29 is 9.59 Å². The number of rotatable bonds is 6. The van der Waals surface area contributed by atoms with Crippen molar-refractivity contribution in [2.24, 2.45) is 5.41 Å². The number of carbonyl (C=O) groups is 2. The van der Waals surface area contributed by atoms with Gasteiger partial charge in [0, 0.05) is 31.0 Å². The fraction of sp³-hybridized carbons (Fsp3) is 0.308. The molecule has 0 saturated heterocycles. The Morgan fingerprint density at radius 3 is 2.62 bits per heavy atom. The van der Waals surface area contributed by atoms with E-state index in [4.69, 9.17) is 5.26 Å². The van der Waals surface area contributed by atoms with Gasteiger partial charge >= 0.3 is 0 Å². The van der Waals surface area contributed by atoms with Gasteiger partial charge in [-0.25, -0.2) is 0 Å². The summed E-state index contributed by atoms with van der Waals surface area (Å²) in [5.74, 6) is -0.704. The molecule has 1 aliphatic rings. The van der Waals surface area contributed by atoms with Crippen molar-refractivity contribution in [3.8, 4) is 6.07 Å². The van der Waals surface area contributed by atoms with Crippen LogP contribution in [-0.2, 0) is 13.1 Å². The Morgan fingerprint density at radius 1 is 1.15 bits per heavy atom. The number of aromatic nitrogens is 2. The first-order chi connectivity index (χ1) is 16.2. The number of nitrogens with one attached hydrogen (secondary N) is 2. The molecule has 2 heterocycles. The van der Waals surface area contributed by atoms with Gasteiger partial charge in [-0.3, -0.25) is 14.3 Å². The van der Waals surface area contributed by atoms with Crippen LogP contribution in [0.2, 0.25) is 0 Å². The number of benzene rings is 2. The van der Waals surface area contributed by atoms with Crippen molar-refractivity contribution in [2.45, 2.75) is 33.9 Å². The molecule has 2 N–H and O–H groups in total. The molecule has 0 bridgehead atoms. The van der Waals surface area contributed by atoms with E-state index in [1.54, 1.807) is 33.8 Å². The first-order valence-electron chi connectivity index (χ1n) is 11.2. The summed E-state index contributed by atoms with van der Waals surface area (Å²) in [6.45, 7) is 9.20. The summed E-state index contributed by atoms with van der Waals surface area (Å²) in [6, 6.07) is 16.6. The van der Waals surface area contributed by atoms with E-state index >= 15 is 0 Å². The lowest BCUT2D eigenvalue weighted by molar-refractivity contribution is 0.0947. The molecule has 0 saturated carbocycles. The Kier molecular flexibility index (Phi) is 6.48. The lowest BCUT2D eigenvalue weighted by Gasteiger charge is -2.28. The SMILES string of the molecule is CC(C)(C)CNCc1ccc(N2CCn3ncc(C(=O)Nc4cccc(C#N)c4)c3C2=O)cc1. The Hall–Kier alpha value is -3.96. The van der Waals surface area contributed by atoms with E-state index < -0.39 is 5.91 Å². The lowest BCUT2D eigenvalue weighted by atomic mass is 9.97. The molecule has 0 spiro atoms. The summed E-state index contributed by atoms with van der Waals surface area (Å²) < 4.78 is 1.57. The second kappa shape index (κ2) is 9.49. The van der Waals surface area contributed by atoms with Crippen LogP contribution in [0, 0.1) is 16.7 Å². The van der Waals surface area contributed by atoms with Gasteiger partial charge in [0.1, 0.15) is 5.69 Å². The summed E-state index contributed by atoms with van der Waals surface area (Å²) in [7, 11) is 0. The second-order valence-electron chi connectivity index (χ2n) is 9.56. The normalized spacial score (nSPS) is 13.4. The molecule has 0 fully saturated rings. The van der Waals surface area contributed by atoms with Crippen molar-refractivity contribution in [1.29, 1.82) is 5.26 Å². The van der Waals surface area contributed by atoms with Gasteiger partial charge in [0.25, 0.3) is 11.8 Å². The van der Waals surface area contributed by atoms with Crippen LogP contribution in [0.25, 0.3) is 0 Å². The largest absolute Gasteiger partial charge is 0.322 e. The highest BCUT2D eigenvalue weighted by atomic mass is 16.2. The van der Waals surface area contributed by atoms with Crippen LogP contribution in [0.4, 0.5) is 11.4 Å². The molecule has 2 amide bonds. The van der Waals surface area contributed by atoms with Crippen LogP contribution in [0.1, 0.15) is 52.7 Å². The minimum atomic E-state index is -0.438. The lowest BCUT2D eigenvalue weighted by Crippen LogP contribution is -2.41. The fourth-order valence-electron chi connectivity index (χ4n) is 3.86. The predicted octanol–water partition coefficient (Wildman–Crippen LogP) is 3.80. The number of nitriles is 1. The van der Waals surface area contributed by atoms with Crippen LogP contribution in [0.5, 0.6) is 0 Å². The van der Waals surface area contributed by atoms with Crippen LogP contribution in [-0.4, -0.2) is 34.7 Å². The quantitative estimate of drug-likeness (QED) is 0.587. The van der Waals surface area contributed by atoms with Crippen molar-refractivity contribution in [2.75, 3.05) is 23.3 Å². The third-order valence-electron chi connectivity index (χ3n) is 5.55. The number of hydrogen-bond acceptors (Lipinski definition) is 5. The number of carbonyl (C=O) groups excluding carboxylic acids is 2. The topological polar surface area (TPSA) is 103 Å². The maximum Gasteiger partial charge on any atom is 0.277 e. The smallest absolute Gasteiger partial charge is 0.277 e. The summed E-state index contributed by atoms with van der Waals surface area (Å²) in [6.07, 6.45) is 1.42. The average molecular weight is 457 g/mol. The van der Waals surface area contributed by atoms with E-state index in [0.717, 1.165) is 24.3 Å². The Balaban J connectivity index is 1.48. The fourth-order valence-corrected chi connectivity index (χ4v) is 3.86. The number of anilines is 2. The first kappa shape index (κ1) is 23.2. The zero-order chi connectivity index (χ0) is 24.3. The number of nitrogens with zero attached hydrogens (tertiary/aromatic N) is 4. The molecule has 34 heavy (non-hydrogen) atoms. The standard InChI is InChI=1S/C26H28N6O2/c1-26(2,3)17-28-15-18-7-9-21(10-8-18)31-11-12-32-23(25(31)34)22(16-29-32)24(33)30-20-6-4-5-19(13-20)14-27/h4-10,13,16,28H,11-12,15,17H2,1-3H3,(H,30,33). The van der Waals surface area contributed by atoms with Crippen molar-refractivity contribution in [3.05, 3.63) is 77.1 Å². The highest BCUT2D eigenvalue weighted by Crippen LogP contribution is 2.24. The van der Waals surface area contributed by atoms with Crippen LogP contribution >= 0.6 is 0 Å². The van der Waals surface area contributed by atoms with Crippen LogP contribution < -0.4 is 15.5 Å². The highest BCUT2D eigenvalue weighted by molar-refractivity contribution is 6.15. The molecule has 0 radical (unpaired) electrons. The molecule has 8 heteroatoms. The monoisotopic (exact) mass is 456 g/mol. The molecule has 0 aliphatic carbocycles. The van der Waals surface area contributed by atoms with Gasteiger partial charge in [-0.05, 0) is 41.3 Å². The second-order valence-corrected chi connectivity index (χ2v) is 9.56. The highest BCUT2D eigenvalue weighted by Gasteiger charge is 2.32. The molecule has 1 aromatic heterocycles. The number of hydrogen-bond donors (Lipinski definition) is 2. The molecule has 174 valence electrons. The molecule has 0 atom stereocenters. The minimum absolute atomic E-state index is 0.208. The Labute approximate surface area is 199 Å². The van der Waals surface area contributed by atoms with E-state index in [1.165, 1.54) is 6.20 Å². The van der Waals surface area contributed by atoms with Gasteiger partial charge < -0.3 is 15.5 Å². The first-order valence-corrected chi connectivity index (χ1v) is 11.2. The van der Waals surface area contributed by atoms with E-state index in [0.29, 0.717) is 24.3 Å². The summed E-state index contributed by atoms with van der Waals surface area (Å²) >= 11 is 0. The summed E-state index contributed by atoms with van der Waals surface area (Å²) in [5, 5.41) is 19.5. The zero-order valence-corrected chi connectivity index (χ0v) is 19.6. The number of amides is 2. The van der Waals surface area contributed by atoms with Gasteiger partial charge in [-0.15, -0.1) is 0 Å². The maximum absolute atomic E-state index is 13.4. The summed E-state index contributed by atoms with van der Waals surface area (Å²) in [4.78, 5) is 28.0. The minimum Gasteiger partial charge on any atom is -0.322 e. The van der Waals surface area contributed by atoms with Crippen molar-refractivity contribution >= 4 is 23.2 Å². The van der Waals surface area contributed by atoms with Crippen molar-refractivity contribution in [1.82, 2.24) is 15.1 Å². The van der Waals surface area contributed by atoms with E-state index in [9.17, 15) is 9.59 Å². The third-order valence-corrected chi connectivity index (χ3v) is 5.55. The van der Waals surface area contributed by atoms with Gasteiger partial charge in [-0.1, -0.05) is 39.0 Å². The van der Waals surface area contributed by atoms with Crippen molar-refractivity contribution in [3.63, 3.8) is 0 Å². The third kappa shape index (κ3) is 5.16. The van der Waals surface area contributed by atoms with Gasteiger partial charge in [-0.2, -0.15) is 10.4 Å². The molecule has 1 aliphatic heterocycles. The maximum atomic E-state index is 13.4. The Bertz CT molecular complexity index is 1250. The van der Waals surface area contributed by atoms with Gasteiger partial charge in [0.2, 0.25) is 0 Å². The number of fused-ring (bicyclic) bond motifs is 1. The molecular formula is C26H28N6O2. The predicted molar refractivity (Wildman–Crippen MR) is 131 cm³/mol. The van der Waals surface area contributed by atoms with E-state index in [-0.39, 0.29) is 22.6 Å². The summed E-state index contributed by atoms with van der Waals surface area (Å²) in [5.41, 5.74) is 3.53. The van der Waals surface area contributed by atoms with Gasteiger partial charge in [0.05, 0.1) is 29.9 Å². The molecule has 4 rings (SSSR count). The van der Waals surface area contributed by atoms with Crippen LogP contribution in [0.15, 0.2) is 54.7 Å². The zero-order valence-electron chi connectivity index (χ0n) is 19.6. The average Bonchev–Trinajstić information content (AvgIpc) is 3.25. The molecule has 2 aromatic carbocycles.